The van der Waals surface area contributed by atoms with Gasteiger partial charge < -0.3 is 5.11 Å². The molecule has 0 bridgehead atoms. The fourth-order valence-corrected chi connectivity index (χ4v) is 2.46. The van der Waals surface area contributed by atoms with E-state index in [1.165, 1.54) is 18.5 Å². The molecule has 124 valence electrons. The van der Waals surface area contributed by atoms with Gasteiger partial charge in [-0.2, -0.15) is 5.10 Å². The Balaban J connectivity index is 2.00. The topological polar surface area (TPSA) is 50.9 Å². The highest BCUT2D eigenvalue weighted by molar-refractivity contribution is 5.48. The molecule has 0 saturated carbocycles. The molecule has 0 amide bonds. The third kappa shape index (κ3) is 4.99. The van der Waals surface area contributed by atoms with Gasteiger partial charge in [-0.1, -0.05) is 45.1 Å². The van der Waals surface area contributed by atoms with Gasteiger partial charge in [0.15, 0.2) is 0 Å². The Bertz CT molecular complexity index is 615. The fourth-order valence-electron chi connectivity index (χ4n) is 2.46. The summed E-state index contributed by atoms with van der Waals surface area (Å²) in [6.07, 6.45) is 8.13. The number of aliphatic hydroxyl groups is 1. The van der Waals surface area contributed by atoms with Crippen LogP contribution in [0.2, 0.25) is 0 Å². The molecule has 1 N–H and O–H groups in total. The average molecular weight is 317 g/mol. The SMILES string of the molecule is CC(C)(C)C(O)C(CCC=Cc1ccc(F)cc1)n1cncn1. The van der Waals surface area contributed by atoms with E-state index < -0.39 is 6.10 Å². The number of nitrogens with zero attached hydrogens (tertiary/aromatic N) is 3. The number of hydrogen-bond donors (Lipinski definition) is 1. The Labute approximate surface area is 136 Å². The Morgan fingerprint density at radius 2 is 1.96 bits per heavy atom. The monoisotopic (exact) mass is 317 g/mol. The molecule has 0 spiro atoms. The molecule has 4 nitrogen and oxygen atoms in total. The number of allylic oxidation sites excluding steroid dienone is 1. The van der Waals surface area contributed by atoms with E-state index in [2.05, 4.69) is 10.1 Å². The first-order chi connectivity index (χ1) is 10.9. The molecule has 2 rings (SSSR count). The van der Waals surface area contributed by atoms with Gasteiger partial charge >= 0.3 is 0 Å². The molecule has 5 heteroatoms. The normalized spacial score (nSPS) is 15.0. The molecule has 0 aliphatic carbocycles. The van der Waals surface area contributed by atoms with E-state index in [1.54, 1.807) is 23.1 Å². The minimum atomic E-state index is -0.525. The second-order valence-electron chi connectivity index (χ2n) is 6.78. The van der Waals surface area contributed by atoms with Crippen LogP contribution in [0.1, 0.15) is 45.2 Å². The van der Waals surface area contributed by atoms with Crippen LogP contribution >= 0.6 is 0 Å². The summed E-state index contributed by atoms with van der Waals surface area (Å²) in [5.74, 6) is -0.235. The summed E-state index contributed by atoms with van der Waals surface area (Å²) < 4.78 is 14.6. The van der Waals surface area contributed by atoms with Crippen molar-refractivity contribution in [3.8, 4) is 0 Å². The highest BCUT2D eigenvalue weighted by Crippen LogP contribution is 2.30. The molecule has 0 radical (unpaired) electrons. The summed E-state index contributed by atoms with van der Waals surface area (Å²) in [5.41, 5.74) is 0.720. The van der Waals surface area contributed by atoms with Crippen molar-refractivity contribution in [3.05, 3.63) is 54.4 Å². The predicted octanol–water partition coefficient (Wildman–Crippen LogP) is 3.86. The Morgan fingerprint density at radius 3 is 2.52 bits per heavy atom. The van der Waals surface area contributed by atoms with Gasteiger partial charge in [0, 0.05) is 0 Å². The lowest BCUT2D eigenvalue weighted by atomic mass is 9.83. The lowest BCUT2D eigenvalue weighted by Crippen LogP contribution is -2.35. The zero-order chi connectivity index (χ0) is 16.9. The summed E-state index contributed by atoms with van der Waals surface area (Å²) in [4.78, 5) is 3.98. The first-order valence-electron chi connectivity index (χ1n) is 7.82. The third-order valence-corrected chi connectivity index (χ3v) is 3.84. The van der Waals surface area contributed by atoms with Crippen molar-refractivity contribution < 1.29 is 9.50 Å². The number of hydrogen-bond acceptors (Lipinski definition) is 3. The summed E-state index contributed by atoms with van der Waals surface area (Å²) in [6.45, 7) is 6.03. The van der Waals surface area contributed by atoms with Crippen LogP contribution in [0.3, 0.4) is 0 Å². The molecule has 2 unspecified atom stereocenters. The summed E-state index contributed by atoms with van der Waals surface area (Å²) in [7, 11) is 0. The maximum absolute atomic E-state index is 12.9. The van der Waals surface area contributed by atoms with E-state index >= 15 is 0 Å². The van der Waals surface area contributed by atoms with E-state index in [0.29, 0.717) is 0 Å². The van der Waals surface area contributed by atoms with Crippen molar-refractivity contribution in [3.63, 3.8) is 0 Å². The van der Waals surface area contributed by atoms with Crippen LogP contribution in [0.4, 0.5) is 4.39 Å². The van der Waals surface area contributed by atoms with Gasteiger partial charge in [-0.25, -0.2) is 14.1 Å². The maximum atomic E-state index is 12.9. The predicted molar refractivity (Wildman–Crippen MR) is 89.2 cm³/mol. The number of aromatic nitrogens is 3. The molecule has 0 saturated heterocycles. The van der Waals surface area contributed by atoms with Gasteiger partial charge in [0.1, 0.15) is 18.5 Å². The van der Waals surface area contributed by atoms with Crippen molar-refractivity contribution >= 4 is 6.08 Å². The van der Waals surface area contributed by atoms with Gasteiger partial charge in [-0.05, 0) is 36.0 Å². The summed E-state index contributed by atoms with van der Waals surface area (Å²) in [5, 5.41) is 14.8. The zero-order valence-electron chi connectivity index (χ0n) is 13.9. The van der Waals surface area contributed by atoms with E-state index in [1.807, 2.05) is 32.9 Å². The first-order valence-corrected chi connectivity index (χ1v) is 7.82. The average Bonchev–Trinajstić information content (AvgIpc) is 3.01. The second kappa shape index (κ2) is 7.51. The molecule has 1 heterocycles. The third-order valence-electron chi connectivity index (χ3n) is 3.84. The van der Waals surface area contributed by atoms with Crippen LogP contribution in [0.25, 0.3) is 6.08 Å². The van der Waals surface area contributed by atoms with E-state index in [-0.39, 0.29) is 17.3 Å². The van der Waals surface area contributed by atoms with Crippen molar-refractivity contribution in [1.82, 2.24) is 14.8 Å². The molecular weight excluding hydrogens is 293 g/mol. The van der Waals surface area contributed by atoms with Crippen LogP contribution in [-0.4, -0.2) is 26.0 Å². The van der Waals surface area contributed by atoms with Crippen LogP contribution in [0.15, 0.2) is 43.0 Å². The molecule has 2 atom stereocenters. The number of halogens is 1. The van der Waals surface area contributed by atoms with Gasteiger partial charge in [-0.15, -0.1) is 0 Å². The molecule has 0 fully saturated rings. The number of rotatable bonds is 6. The standard InChI is InChI=1S/C18H24FN3O/c1-18(2,3)17(23)16(22-13-20-12-21-22)7-5-4-6-14-8-10-15(19)11-9-14/h4,6,8-13,16-17,23H,5,7H2,1-3H3. The molecule has 2 aromatic rings. The highest BCUT2D eigenvalue weighted by atomic mass is 19.1. The molecule has 0 aliphatic heterocycles. The summed E-state index contributed by atoms with van der Waals surface area (Å²) >= 11 is 0. The van der Waals surface area contributed by atoms with Gasteiger partial charge in [-0.3, -0.25) is 0 Å². The van der Waals surface area contributed by atoms with Gasteiger partial charge in [0.05, 0.1) is 12.1 Å². The maximum Gasteiger partial charge on any atom is 0.137 e. The first kappa shape index (κ1) is 17.3. The second-order valence-corrected chi connectivity index (χ2v) is 6.78. The van der Waals surface area contributed by atoms with Crippen LogP contribution in [0.5, 0.6) is 0 Å². The van der Waals surface area contributed by atoms with E-state index in [4.69, 9.17) is 0 Å². The quantitative estimate of drug-likeness (QED) is 0.880. The lowest BCUT2D eigenvalue weighted by Gasteiger charge is -2.32. The Morgan fingerprint density at radius 1 is 1.26 bits per heavy atom. The molecule has 0 aliphatic rings. The molecule has 23 heavy (non-hydrogen) atoms. The fraction of sp³-hybridized carbons (Fsp3) is 0.444. The minimum absolute atomic E-state index is 0.129. The Kier molecular flexibility index (Phi) is 5.66. The smallest absolute Gasteiger partial charge is 0.137 e. The van der Waals surface area contributed by atoms with Gasteiger partial charge in [0.25, 0.3) is 0 Å². The lowest BCUT2D eigenvalue weighted by molar-refractivity contribution is 0.00968. The van der Waals surface area contributed by atoms with Crippen molar-refractivity contribution in [2.75, 3.05) is 0 Å². The summed E-state index contributed by atoms with van der Waals surface area (Å²) in [6, 6.07) is 6.24. The van der Waals surface area contributed by atoms with Gasteiger partial charge in [0.2, 0.25) is 0 Å². The van der Waals surface area contributed by atoms with Crippen LogP contribution in [-0.2, 0) is 0 Å². The Hall–Kier alpha value is -2.01. The van der Waals surface area contributed by atoms with Crippen LogP contribution < -0.4 is 0 Å². The number of aliphatic hydroxyl groups excluding tert-OH is 1. The molecule has 1 aromatic heterocycles. The zero-order valence-corrected chi connectivity index (χ0v) is 13.9. The molecular formula is C18H24FN3O. The van der Waals surface area contributed by atoms with Crippen molar-refractivity contribution in [2.24, 2.45) is 5.41 Å². The van der Waals surface area contributed by atoms with E-state index in [9.17, 15) is 9.50 Å². The van der Waals surface area contributed by atoms with Crippen molar-refractivity contribution in [1.29, 1.82) is 0 Å². The largest absolute Gasteiger partial charge is 0.390 e. The highest BCUT2D eigenvalue weighted by Gasteiger charge is 2.31. The minimum Gasteiger partial charge on any atom is -0.390 e. The van der Waals surface area contributed by atoms with E-state index in [0.717, 1.165) is 18.4 Å². The van der Waals surface area contributed by atoms with Crippen LogP contribution in [0, 0.1) is 11.2 Å². The van der Waals surface area contributed by atoms with Crippen molar-refractivity contribution in [2.45, 2.75) is 45.8 Å². The molecule has 1 aromatic carbocycles. The number of benzene rings is 1.